The van der Waals surface area contributed by atoms with E-state index in [1.54, 1.807) is 25.1 Å². The molecule has 0 amide bonds. The molecule has 5 nitrogen and oxygen atoms in total. The summed E-state index contributed by atoms with van der Waals surface area (Å²) >= 11 is 3.38. The third-order valence-electron chi connectivity index (χ3n) is 4.04. The van der Waals surface area contributed by atoms with E-state index in [-0.39, 0.29) is 23.1 Å². The first-order chi connectivity index (χ1) is 13.0. The lowest BCUT2D eigenvalue weighted by Gasteiger charge is -2.06. The standard InChI is InChI=1S/C21H13BrO5/c1-12-9-15(26-21(24)16-3-2-8-25-16)11-17-19(12)20(23)18(27-17)10-13-4-6-14(22)7-5-13/h2-11H,1H3/b18-10-. The molecule has 0 radical (unpaired) electrons. The zero-order valence-electron chi connectivity index (χ0n) is 14.2. The summed E-state index contributed by atoms with van der Waals surface area (Å²) in [5.74, 6) is 0.158. The van der Waals surface area contributed by atoms with Crippen LogP contribution in [0.3, 0.4) is 0 Å². The first-order valence-corrected chi connectivity index (χ1v) is 8.91. The van der Waals surface area contributed by atoms with E-state index in [1.807, 2.05) is 24.3 Å². The number of benzene rings is 2. The minimum absolute atomic E-state index is 0.0981. The number of hydrogen-bond donors (Lipinski definition) is 0. The molecule has 0 saturated carbocycles. The van der Waals surface area contributed by atoms with Gasteiger partial charge in [-0.05, 0) is 54.5 Å². The van der Waals surface area contributed by atoms with Gasteiger partial charge in [0.25, 0.3) is 0 Å². The van der Waals surface area contributed by atoms with Crippen LogP contribution in [0.5, 0.6) is 11.5 Å². The maximum atomic E-state index is 12.7. The van der Waals surface area contributed by atoms with Crippen LogP contribution in [0.1, 0.15) is 32.0 Å². The molecule has 3 aromatic rings. The third kappa shape index (κ3) is 3.44. The number of halogens is 1. The van der Waals surface area contributed by atoms with Gasteiger partial charge in [0.15, 0.2) is 5.76 Å². The lowest BCUT2D eigenvalue weighted by atomic mass is 10.0. The molecule has 4 rings (SSSR count). The highest BCUT2D eigenvalue weighted by Gasteiger charge is 2.30. The van der Waals surface area contributed by atoms with E-state index in [0.717, 1.165) is 10.0 Å². The first-order valence-electron chi connectivity index (χ1n) is 8.11. The van der Waals surface area contributed by atoms with Crippen molar-refractivity contribution in [2.45, 2.75) is 6.92 Å². The number of ketones is 1. The second-order valence-corrected chi connectivity index (χ2v) is 6.89. The van der Waals surface area contributed by atoms with Gasteiger partial charge >= 0.3 is 5.97 Å². The number of Topliss-reactive ketones (excluding diaryl/α,β-unsaturated/α-hetero) is 1. The monoisotopic (exact) mass is 424 g/mol. The van der Waals surface area contributed by atoms with Crippen molar-refractivity contribution in [2.75, 3.05) is 0 Å². The Morgan fingerprint density at radius 1 is 1.15 bits per heavy atom. The van der Waals surface area contributed by atoms with Crippen LogP contribution in [0.25, 0.3) is 6.08 Å². The van der Waals surface area contributed by atoms with Gasteiger partial charge in [0.05, 0.1) is 11.8 Å². The molecular weight excluding hydrogens is 412 g/mol. The predicted octanol–water partition coefficient (Wildman–Crippen LogP) is 5.19. The van der Waals surface area contributed by atoms with Gasteiger partial charge in [0.1, 0.15) is 11.5 Å². The Bertz CT molecular complexity index is 1060. The lowest BCUT2D eigenvalue weighted by molar-refractivity contribution is 0.0701. The Labute approximate surface area is 163 Å². The number of fused-ring (bicyclic) bond motifs is 1. The lowest BCUT2D eigenvalue weighted by Crippen LogP contribution is -2.07. The van der Waals surface area contributed by atoms with Crippen molar-refractivity contribution in [3.63, 3.8) is 0 Å². The van der Waals surface area contributed by atoms with E-state index < -0.39 is 5.97 Å². The fraction of sp³-hybridized carbons (Fsp3) is 0.0476. The molecule has 0 aliphatic carbocycles. The minimum atomic E-state index is -0.616. The zero-order chi connectivity index (χ0) is 19.0. The molecule has 1 aromatic heterocycles. The Morgan fingerprint density at radius 3 is 2.63 bits per heavy atom. The highest BCUT2D eigenvalue weighted by Crippen LogP contribution is 2.37. The number of carbonyl (C=O) groups is 2. The topological polar surface area (TPSA) is 65.7 Å². The van der Waals surface area contributed by atoms with Crippen molar-refractivity contribution in [3.8, 4) is 11.5 Å². The summed E-state index contributed by atoms with van der Waals surface area (Å²) in [5, 5.41) is 0. The smallest absolute Gasteiger partial charge is 0.379 e. The maximum absolute atomic E-state index is 12.7. The fourth-order valence-corrected chi connectivity index (χ4v) is 3.06. The summed E-state index contributed by atoms with van der Waals surface area (Å²) in [6, 6.07) is 13.8. The largest absolute Gasteiger partial charge is 0.457 e. The van der Waals surface area contributed by atoms with E-state index in [9.17, 15) is 9.59 Å². The molecule has 2 heterocycles. The molecule has 0 saturated heterocycles. The Kier molecular flexibility index (Phi) is 4.41. The minimum Gasteiger partial charge on any atom is -0.457 e. The number of ether oxygens (including phenoxy) is 2. The fourth-order valence-electron chi connectivity index (χ4n) is 2.80. The molecule has 134 valence electrons. The molecule has 27 heavy (non-hydrogen) atoms. The molecular formula is C21H13BrO5. The molecule has 0 fully saturated rings. The molecule has 2 aromatic carbocycles. The van der Waals surface area contributed by atoms with Gasteiger partial charge in [-0.3, -0.25) is 4.79 Å². The van der Waals surface area contributed by atoms with Crippen LogP contribution in [0.15, 0.2) is 69.4 Å². The number of carbonyl (C=O) groups excluding carboxylic acids is 2. The number of esters is 1. The zero-order valence-corrected chi connectivity index (χ0v) is 15.8. The second-order valence-electron chi connectivity index (χ2n) is 5.97. The van der Waals surface area contributed by atoms with Crippen molar-refractivity contribution in [2.24, 2.45) is 0 Å². The molecule has 1 aliphatic rings. The normalized spacial score (nSPS) is 14.1. The van der Waals surface area contributed by atoms with Gasteiger partial charge in [0, 0.05) is 10.5 Å². The maximum Gasteiger partial charge on any atom is 0.379 e. The van der Waals surface area contributed by atoms with E-state index in [1.165, 1.54) is 18.4 Å². The highest BCUT2D eigenvalue weighted by atomic mass is 79.9. The SMILES string of the molecule is Cc1cc(OC(=O)c2ccco2)cc2c1C(=O)/C(=C/c1ccc(Br)cc1)O2. The molecule has 0 N–H and O–H groups in total. The Morgan fingerprint density at radius 2 is 1.93 bits per heavy atom. The average Bonchev–Trinajstić information content (AvgIpc) is 3.26. The predicted molar refractivity (Wildman–Crippen MR) is 102 cm³/mol. The second kappa shape index (κ2) is 6.89. The van der Waals surface area contributed by atoms with Crippen molar-refractivity contribution >= 4 is 33.8 Å². The van der Waals surface area contributed by atoms with Crippen LogP contribution in [0.2, 0.25) is 0 Å². The Balaban J connectivity index is 1.62. The number of rotatable bonds is 3. The van der Waals surface area contributed by atoms with E-state index in [2.05, 4.69) is 15.9 Å². The average molecular weight is 425 g/mol. The van der Waals surface area contributed by atoms with Crippen LogP contribution >= 0.6 is 15.9 Å². The number of allylic oxidation sites excluding steroid dienone is 1. The summed E-state index contributed by atoms with van der Waals surface area (Å²) in [6.45, 7) is 1.77. The molecule has 0 spiro atoms. The molecule has 1 aliphatic heterocycles. The van der Waals surface area contributed by atoms with Gasteiger partial charge in [-0.15, -0.1) is 0 Å². The summed E-state index contributed by atoms with van der Waals surface area (Å²) in [5.41, 5.74) is 1.98. The van der Waals surface area contributed by atoms with Gasteiger partial charge < -0.3 is 13.9 Å². The number of aryl methyl sites for hydroxylation is 1. The summed E-state index contributed by atoms with van der Waals surface area (Å²) in [7, 11) is 0. The molecule has 0 atom stereocenters. The summed E-state index contributed by atoms with van der Waals surface area (Å²) in [6.07, 6.45) is 3.08. The van der Waals surface area contributed by atoms with Crippen molar-refractivity contribution < 1.29 is 23.5 Å². The van der Waals surface area contributed by atoms with Crippen LogP contribution in [0, 0.1) is 6.92 Å². The quantitative estimate of drug-likeness (QED) is 0.329. The summed E-state index contributed by atoms with van der Waals surface area (Å²) < 4.78 is 17.0. The van der Waals surface area contributed by atoms with Crippen LogP contribution in [-0.2, 0) is 0 Å². The van der Waals surface area contributed by atoms with Crippen molar-refractivity contribution in [1.82, 2.24) is 0 Å². The number of hydrogen-bond acceptors (Lipinski definition) is 5. The third-order valence-corrected chi connectivity index (χ3v) is 4.57. The van der Waals surface area contributed by atoms with E-state index in [0.29, 0.717) is 16.9 Å². The van der Waals surface area contributed by atoms with Gasteiger partial charge in [-0.1, -0.05) is 28.1 Å². The molecule has 0 unspecified atom stereocenters. The molecule has 0 bridgehead atoms. The van der Waals surface area contributed by atoms with Gasteiger partial charge in [-0.2, -0.15) is 0 Å². The Hall–Kier alpha value is -3.12. The van der Waals surface area contributed by atoms with Crippen LogP contribution in [0.4, 0.5) is 0 Å². The van der Waals surface area contributed by atoms with Crippen molar-refractivity contribution in [3.05, 3.63) is 87.5 Å². The molecule has 6 heteroatoms. The van der Waals surface area contributed by atoms with E-state index in [4.69, 9.17) is 13.9 Å². The number of furan rings is 1. The summed E-state index contributed by atoms with van der Waals surface area (Å²) in [4.78, 5) is 24.7. The van der Waals surface area contributed by atoms with Crippen LogP contribution in [-0.4, -0.2) is 11.8 Å². The highest BCUT2D eigenvalue weighted by molar-refractivity contribution is 9.10. The van der Waals surface area contributed by atoms with Gasteiger partial charge in [-0.25, -0.2) is 4.79 Å². The first kappa shape index (κ1) is 17.3. The van der Waals surface area contributed by atoms with Crippen molar-refractivity contribution in [1.29, 1.82) is 0 Å². The van der Waals surface area contributed by atoms with E-state index >= 15 is 0 Å². The van der Waals surface area contributed by atoms with Crippen LogP contribution < -0.4 is 9.47 Å². The van der Waals surface area contributed by atoms with Gasteiger partial charge in [0.2, 0.25) is 11.5 Å².